The lowest BCUT2D eigenvalue weighted by Gasteiger charge is -2.21. The van der Waals surface area contributed by atoms with Crippen LogP contribution < -0.4 is 35.6 Å². The zero-order chi connectivity index (χ0) is 36.1. The average molecular weight is 701 g/mol. The van der Waals surface area contributed by atoms with Gasteiger partial charge < -0.3 is 34.9 Å². The van der Waals surface area contributed by atoms with Gasteiger partial charge in [-0.3, -0.25) is 14.4 Å². The minimum absolute atomic E-state index is 0.0881. The SMILES string of the molecule is COC(=O)c1nc(NC(=O)[C@H](Nc2ccc3c(cc2=O)[C@@H](NC(C)=O)CCc2cc(OC)c(OC)c(OC)c2-3)C(C)C)sc1-c1ccccc1. The fourth-order valence-electron chi connectivity index (χ4n) is 6.11. The van der Waals surface area contributed by atoms with Crippen molar-refractivity contribution in [3.63, 3.8) is 0 Å². The maximum Gasteiger partial charge on any atom is 0.358 e. The van der Waals surface area contributed by atoms with Crippen molar-refractivity contribution in [2.24, 2.45) is 5.92 Å². The van der Waals surface area contributed by atoms with Crippen LogP contribution in [0.3, 0.4) is 0 Å². The number of hydrogen-bond acceptors (Lipinski definition) is 11. The van der Waals surface area contributed by atoms with Crippen molar-refractivity contribution in [3.8, 4) is 38.8 Å². The number of hydrogen-bond donors (Lipinski definition) is 3. The molecule has 1 aliphatic rings. The number of carbonyl (C=O) groups excluding carboxylic acids is 3. The zero-order valence-corrected chi connectivity index (χ0v) is 29.8. The van der Waals surface area contributed by atoms with Gasteiger partial charge >= 0.3 is 5.97 Å². The molecule has 3 N–H and O–H groups in total. The number of fused-ring (bicyclic) bond motifs is 3. The molecule has 13 heteroatoms. The standard InChI is InChI=1S/C37H40N4O8S/c1-19(2)30(35(44)41-37-40-31(36(45)49-7)34(50-37)21-11-9-8-10-12-21)39-26-16-14-23-24(18-27(26)43)25(38-20(3)42)15-13-22-17-28(46-4)32(47-5)33(48-6)29(22)23/h8-12,14,16-19,25,30H,13,15H2,1-7H3,(H,38,42)(H,39,43)(H,40,41,44)/t25-,30+/m0/s1. The van der Waals surface area contributed by atoms with Gasteiger partial charge in [0.2, 0.25) is 23.0 Å². The molecular formula is C37H40N4O8S. The van der Waals surface area contributed by atoms with Gasteiger partial charge in [-0.15, -0.1) is 0 Å². The van der Waals surface area contributed by atoms with E-state index in [2.05, 4.69) is 20.9 Å². The predicted molar refractivity (Wildman–Crippen MR) is 192 cm³/mol. The molecule has 12 nitrogen and oxygen atoms in total. The number of anilines is 2. The van der Waals surface area contributed by atoms with Crippen molar-refractivity contribution < 1.29 is 33.3 Å². The molecule has 3 aromatic carbocycles. The van der Waals surface area contributed by atoms with E-state index in [1.54, 1.807) is 19.2 Å². The number of carbonyl (C=O) groups is 3. The van der Waals surface area contributed by atoms with E-state index in [-0.39, 0.29) is 33.8 Å². The van der Waals surface area contributed by atoms with Crippen molar-refractivity contribution in [1.29, 1.82) is 0 Å². The molecule has 1 heterocycles. The summed E-state index contributed by atoms with van der Waals surface area (Å²) in [4.78, 5) is 57.6. The molecule has 0 radical (unpaired) electrons. The smallest absolute Gasteiger partial charge is 0.358 e. The number of aryl methyl sites for hydroxylation is 1. The van der Waals surface area contributed by atoms with E-state index in [0.29, 0.717) is 51.7 Å². The third kappa shape index (κ3) is 7.27. The van der Waals surface area contributed by atoms with E-state index in [9.17, 15) is 19.2 Å². The first-order chi connectivity index (χ1) is 24.0. The molecule has 0 spiro atoms. The average Bonchev–Trinajstić information content (AvgIpc) is 3.38. The molecule has 2 amide bonds. The number of thiazole rings is 1. The summed E-state index contributed by atoms with van der Waals surface area (Å²) in [5.41, 5.74) is 3.51. The van der Waals surface area contributed by atoms with Gasteiger partial charge in [-0.2, -0.15) is 0 Å². The first kappa shape index (κ1) is 35.9. The molecule has 0 aliphatic heterocycles. The van der Waals surface area contributed by atoms with Crippen molar-refractivity contribution in [1.82, 2.24) is 10.3 Å². The highest BCUT2D eigenvalue weighted by Crippen LogP contribution is 2.50. The second-order valence-electron chi connectivity index (χ2n) is 12.0. The van der Waals surface area contributed by atoms with Gasteiger partial charge in [-0.05, 0) is 59.2 Å². The lowest BCUT2D eigenvalue weighted by atomic mass is 9.95. The Hall–Kier alpha value is -5.43. The Morgan fingerprint density at radius 1 is 0.940 bits per heavy atom. The summed E-state index contributed by atoms with van der Waals surface area (Å²) in [6.45, 7) is 5.14. The van der Waals surface area contributed by atoms with Crippen LogP contribution in [0.1, 0.15) is 54.8 Å². The molecule has 262 valence electrons. The Labute approximate surface area is 294 Å². The predicted octanol–water partition coefficient (Wildman–Crippen LogP) is 5.85. The first-order valence-corrected chi connectivity index (χ1v) is 16.8. The summed E-state index contributed by atoms with van der Waals surface area (Å²) >= 11 is 1.15. The van der Waals surface area contributed by atoms with E-state index in [0.717, 1.165) is 22.5 Å². The highest BCUT2D eigenvalue weighted by Gasteiger charge is 2.31. The lowest BCUT2D eigenvalue weighted by molar-refractivity contribution is -0.120. The molecule has 4 aromatic rings. The molecule has 1 aromatic heterocycles. The molecule has 50 heavy (non-hydrogen) atoms. The largest absolute Gasteiger partial charge is 0.493 e. The molecule has 5 rings (SSSR count). The summed E-state index contributed by atoms with van der Waals surface area (Å²) in [7, 11) is 5.88. The van der Waals surface area contributed by atoms with Crippen LogP contribution in [-0.4, -0.2) is 57.2 Å². The normalized spacial score (nSPS) is 14.0. The van der Waals surface area contributed by atoms with Crippen LogP contribution >= 0.6 is 11.3 Å². The highest BCUT2D eigenvalue weighted by atomic mass is 32.1. The fourth-order valence-corrected chi connectivity index (χ4v) is 7.07. The van der Waals surface area contributed by atoms with Crippen LogP contribution in [0, 0.1) is 5.92 Å². The second-order valence-corrected chi connectivity index (χ2v) is 13.0. The zero-order valence-electron chi connectivity index (χ0n) is 29.0. The van der Waals surface area contributed by atoms with Crippen LogP contribution in [0.4, 0.5) is 10.8 Å². The van der Waals surface area contributed by atoms with E-state index in [1.807, 2.05) is 50.2 Å². The highest BCUT2D eigenvalue weighted by molar-refractivity contribution is 7.19. The summed E-state index contributed by atoms with van der Waals surface area (Å²) < 4.78 is 22.1. The molecule has 0 saturated carbocycles. The van der Waals surface area contributed by atoms with Crippen LogP contribution in [-0.2, 0) is 20.7 Å². The van der Waals surface area contributed by atoms with Crippen LogP contribution in [0.15, 0.2) is 59.4 Å². The molecule has 0 saturated heterocycles. The van der Waals surface area contributed by atoms with Crippen LogP contribution in [0.25, 0.3) is 21.6 Å². The number of aromatic nitrogens is 1. The Kier molecular flexibility index (Phi) is 11.1. The molecule has 0 fully saturated rings. The lowest BCUT2D eigenvalue weighted by Crippen LogP contribution is -2.39. The van der Waals surface area contributed by atoms with Gasteiger partial charge in [0.15, 0.2) is 22.3 Å². The van der Waals surface area contributed by atoms with Crippen molar-refractivity contribution in [2.75, 3.05) is 39.1 Å². The number of ether oxygens (including phenoxy) is 4. The van der Waals surface area contributed by atoms with E-state index in [4.69, 9.17) is 18.9 Å². The number of benzene rings is 2. The van der Waals surface area contributed by atoms with Crippen LogP contribution in [0.5, 0.6) is 17.2 Å². The molecule has 1 aliphatic carbocycles. The summed E-state index contributed by atoms with van der Waals surface area (Å²) in [6, 6.07) is 14.7. The third-order valence-corrected chi connectivity index (χ3v) is 9.47. The maximum absolute atomic E-state index is 13.9. The topological polar surface area (TPSA) is 154 Å². The quantitative estimate of drug-likeness (QED) is 0.163. The number of esters is 1. The van der Waals surface area contributed by atoms with Crippen molar-refractivity contribution in [2.45, 2.75) is 45.7 Å². The Balaban J connectivity index is 1.56. The number of amides is 2. The van der Waals surface area contributed by atoms with E-state index in [1.165, 1.54) is 34.3 Å². The second kappa shape index (κ2) is 15.4. The number of rotatable bonds is 11. The minimum atomic E-state index is -0.868. The molecule has 0 unspecified atom stereocenters. The minimum Gasteiger partial charge on any atom is -0.493 e. The van der Waals surface area contributed by atoms with Crippen molar-refractivity contribution in [3.05, 3.63) is 81.6 Å². The first-order valence-electron chi connectivity index (χ1n) is 16.0. The fraction of sp³-hybridized carbons (Fsp3) is 0.324. The molecule has 0 bridgehead atoms. The monoisotopic (exact) mass is 700 g/mol. The third-order valence-electron chi connectivity index (χ3n) is 8.45. The van der Waals surface area contributed by atoms with Gasteiger partial charge in [0, 0.05) is 12.5 Å². The van der Waals surface area contributed by atoms with Gasteiger partial charge in [-0.1, -0.05) is 61.6 Å². The molecular weight excluding hydrogens is 660 g/mol. The summed E-state index contributed by atoms with van der Waals surface area (Å²) in [6.07, 6.45) is 1.07. The Bertz CT molecular complexity index is 1980. The van der Waals surface area contributed by atoms with Gasteiger partial charge in [0.05, 0.1) is 45.0 Å². The summed E-state index contributed by atoms with van der Waals surface area (Å²) in [5.74, 6) is -0.253. The van der Waals surface area contributed by atoms with Gasteiger partial charge in [-0.25, -0.2) is 9.78 Å². The van der Waals surface area contributed by atoms with Gasteiger partial charge in [0.1, 0.15) is 6.04 Å². The number of methoxy groups -OCH3 is 4. The Morgan fingerprint density at radius 3 is 2.28 bits per heavy atom. The Morgan fingerprint density at radius 2 is 1.66 bits per heavy atom. The van der Waals surface area contributed by atoms with Crippen LogP contribution in [0.2, 0.25) is 0 Å². The van der Waals surface area contributed by atoms with E-state index >= 15 is 0 Å². The number of nitrogens with zero attached hydrogens (tertiary/aromatic N) is 1. The number of nitrogens with one attached hydrogen (secondary N) is 3. The van der Waals surface area contributed by atoms with E-state index < -0.39 is 24.0 Å². The van der Waals surface area contributed by atoms with Crippen molar-refractivity contribution >= 4 is 39.9 Å². The summed E-state index contributed by atoms with van der Waals surface area (Å²) in [5, 5.41) is 9.20. The maximum atomic E-state index is 13.9. The van der Waals surface area contributed by atoms with Gasteiger partial charge in [0.25, 0.3) is 0 Å². The molecule has 2 atom stereocenters.